The van der Waals surface area contributed by atoms with Gasteiger partial charge in [0.1, 0.15) is 17.7 Å². The van der Waals surface area contributed by atoms with Gasteiger partial charge in [-0.2, -0.15) is 0 Å². The molecular formula is C22H31N3O3. The average Bonchev–Trinajstić information content (AvgIpc) is 3.14. The molecule has 1 aliphatic heterocycles. The summed E-state index contributed by atoms with van der Waals surface area (Å²) in [6, 6.07) is 6.18. The molecule has 0 amide bonds. The Morgan fingerprint density at radius 3 is 2.54 bits per heavy atom. The molecule has 1 N–H and O–H groups in total. The summed E-state index contributed by atoms with van der Waals surface area (Å²) in [7, 11) is 1.68. The molecule has 1 fully saturated rings. The number of benzene rings is 1. The van der Waals surface area contributed by atoms with E-state index in [0.717, 1.165) is 52.6 Å². The molecule has 1 aliphatic rings. The molecule has 2 atom stereocenters. The summed E-state index contributed by atoms with van der Waals surface area (Å²) in [6.07, 6.45) is 1.65. The summed E-state index contributed by atoms with van der Waals surface area (Å²) in [5.41, 5.74) is 5.13. The van der Waals surface area contributed by atoms with Crippen LogP contribution in [0.4, 0.5) is 5.82 Å². The Labute approximate surface area is 167 Å². The van der Waals surface area contributed by atoms with E-state index in [0.29, 0.717) is 19.8 Å². The van der Waals surface area contributed by atoms with Crippen LogP contribution in [-0.4, -0.2) is 49.0 Å². The van der Waals surface area contributed by atoms with E-state index >= 15 is 0 Å². The highest BCUT2D eigenvalue weighted by Gasteiger charge is 2.30. The zero-order valence-electron chi connectivity index (χ0n) is 17.5. The highest BCUT2D eigenvalue weighted by atomic mass is 16.5. The molecule has 1 aromatic heterocycles. The first-order valence-electron chi connectivity index (χ1n) is 10.1. The standard InChI is InChI=1S/C22H31N3O3/c1-6-17-21(16-10-9-15(26-5)11-14(16)4)23-18(7-2)22(24-17)25-19-12-27-13-20(19)28-8-3/h9-11,19-20H,6-8,12-13H2,1-5H3,(H,24,25)/t19-,20-/m0/s1. The van der Waals surface area contributed by atoms with Gasteiger partial charge in [0, 0.05) is 12.2 Å². The van der Waals surface area contributed by atoms with Crippen molar-refractivity contribution >= 4 is 5.82 Å². The van der Waals surface area contributed by atoms with Crippen LogP contribution in [0.1, 0.15) is 37.7 Å². The van der Waals surface area contributed by atoms with Gasteiger partial charge >= 0.3 is 0 Å². The van der Waals surface area contributed by atoms with Crippen LogP contribution in [0, 0.1) is 6.92 Å². The van der Waals surface area contributed by atoms with E-state index in [1.807, 2.05) is 19.1 Å². The molecule has 0 unspecified atom stereocenters. The van der Waals surface area contributed by atoms with Crippen molar-refractivity contribution in [2.75, 3.05) is 32.2 Å². The number of anilines is 1. The van der Waals surface area contributed by atoms with Crippen LogP contribution < -0.4 is 10.1 Å². The van der Waals surface area contributed by atoms with Gasteiger partial charge in [0.05, 0.1) is 43.4 Å². The van der Waals surface area contributed by atoms with E-state index in [2.05, 4.69) is 32.2 Å². The highest BCUT2D eigenvalue weighted by Crippen LogP contribution is 2.30. The molecule has 1 aromatic carbocycles. The second-order valence-electron chi connectivity index (χ2n) is 6.98. The van der Waals surface area contributed by atoms with Crippen LogP contribution in [0.3, 0.4) is 0 Å². The Balaban J connectivity index is 1.96. The van der Waals surface area contributed by atoms with Crippen molar-refractivity contribution in [3.05, 3.63) is 35.2 Å². The predicted molar refractivity (Wildman–Crippen MR) is 111 cm³/mol. The first-order chi connectivity index (χ1) is 13.6. The van der Waals surface area contributed by atoms with E-state index in [1.165, 1.54) is 0 Å². The number of methoxy groups -OCH3 is 1. The second-order valence-corrected chi connectivity index (χ2v) is 6.98. The molecular weight excluding hydrogens is 354 g/mol. The Bertz CT molecular complexity index is 810. The van der Waals surface area contributed by atoms with E-state index in [1.54, 1.807) is 7.11 Å². The molecule has 28 heavy (non-hydrogen) atoms. The molecule has 6 heteroatoms. The molecule has 0 radical (unpaired) electrons. The fourth-order valence-electron chi connectivity index (χ4n) is 3.58. The number of hydrogen-bond donors (Lipinski definition) is 1. The van der Waals surface area contributed by atoms with Crippen LogP contribution in [0.15, 0.2) is 18.2 Å². The van der Waals surface area contributed by atoms with Crippen LogP contribution in [0.5, 0.6) is 5.75 Å². The maximum Gasteiger partial charge on any atom is 0.148 e. The van der Waals surface area contributed by atoms with E-state index in [9.17, 15) is 0 Å². The highest BCUT2D eigenvalue weighted by molar-refractivity contribution is 5.68. The predicted octanol–water partition coefficient (Wildman–Crippen LogP) is 3.80. The first kappa shape index (κ1) is 20.6. The smallest absolute Gasteiger partial charge is 0.148 e. The molecule has 2 aromatic rings. The zero-order chi connectivity index (χ0) is 20.1. The fraction of sp³-hybridized carbons (Fsp3) is 0.545. The van der Waals surface area contributed by atoms with Crippen molar-refractivity contribution in [1.29, 1.82) is 0 Å². The van der Waals surface area contributed by atoms with Crippen LogP contribution in [0.2, 0.25) is 0 Å². The number of rotatable bonds is 8. The SMILES string of the molecule is CCO[C@H]1COC[C@@H]1Nc1nc(CC)c(-c2ccc(OC)cc2C)nc1CC. The van der Waals surface area contributed by atoms with Crippen molar-refractivity contribution in [2.24, 2.45) is 0 Å². The Morgan fingerprint density at radius 2 is 1.89 bits per heavy atom. The van der Waals surface area contributed by atoms with E-state index < -0.39 is 0 Å². The minimum absolute atomic E-state index is 0.0464. The lowest BCUT2D eigenvalue weighted by atomic mass is 10.0. The van der Waals surface area contributed by atoms with Crippen LogP contribution in [0.25, 0.3) is 11.3 Å². The van der Waals surface area contributed by atoms with Gasteiger partial charge < -0.3 is 19.5 Å². The minimum atomic E-state index is 0.0464. The number of ether oxygens (including phenoxy) is 3. The van der Waals surface area contributed by atoms with E-state index in [-0.39, 0.29) is 12.1 Å². The third-order valence-corrected chi connectivity index (χ3v) is 5.13. The Hall–Kier alpha value is -2.18. The topological polar surface area (TPSA) is 65.5 Å². The molecule has 6 nitrogen and oxygen atoms in total. The summed E-state index contributed by atoms with van der Waals surface area (Å²) >= 11 is 0. The summed E-state index contributed by atoms with van der Waals surface area (Å²) in [6.45, 7) is 10.2. The maximum atomic E-state index is 5.80. The van der Waals surface area contributed by atoms with Gasteiger partial charge in [0.2, 0.25) is 0 Å². The third-order valence-electron chi connectivity index (χ3n) is 5.13. The summed E-state index contributed by atoms with van der Waals surface area (Å²) in [5.74, 6) is 1.69. The van der Waals surface area contributed by atoms with Gasteiger partial charge in [0.15, 0.2) is 0 Å². The molecule has 0 aliphatic carbocycles. The van der Waals surface area contributed by atoms with Crippen molar-refractivity contribution in [3.63, 3.8) is 0 Å². The van der Waals surface area contributed by atoms with Gasteiger partial charge in [-0.25, -0.2) is 9.97 Å². The third kappa shape index (κ3) is 4.28. The van der Waals surface area contributed by atoms with Crippen molar-refractivity contribution < 1.29 is 14.2 Å². The molecule has 0 saturated carbocycles. The maximum absolute atomic E-state index is 5.80. The van der Waals surface area contributed by atoms with Crippen molar-refractivity contribution in [3.8, 4) is 17.0 Å². The quantitative estimate of drug-likeness (QED) is 0.746. The largest absolute Gasteiger partial charge is 0.497 e. The normalized spacial score (nSPS) is 19.0. The lowest BCUT2D eigenvalue weighted by Crippen LogP contribution is -2.35. The molecule has 1 saturated heterocycles. The first-order valence-corrected chi connectivity index (χ1v) is 10.1. The zero-order valence-corrected chi connectivity index (χ0v) is 17.5. The summed E-state index contributed by atoms with van der Waals surface area (Å²) < 4.78 is 16.7. The Kier molecular flexibility index (Phi) is 6.86. The fourth-order valence-corrected chi connectivity index (χ4v) is 3.58. The molecule has 0 spiro atoms. The Morgan fingerprint density at radius 1 is 1.11 bits per heavy atom. The molecule has 152 valence electrons. The summed E-state index contributed by atoms with van der Waals surface area (Å²) in [5, 5.41) is 3.54. The number of aryl methyl sites for hydroxylation is 3. The van der Waals surface area contributed by atoms with Gasteiger partial charge in [-0.15, -0.1) is 0 Å². The van der Waals surface area contributed by atoms with Gasteiger partial charge in [-0.05, 0) is 50.5 Å². The molecule has 3 rings (SSSR count). The number of aromatic nitrogens is 2. The van der Waals surface area contributed by atoms with Gasteiger partial charge in [0.25, 0.3) is 0 Å². The van der Waals surface area contributed by atoms with Gasteiger partial charge in [-0.1, -0.05) is 13.8 Å². The second kappa shape index (κ2) is 9.34. The van der Waals surface area contributed by atoms with Crippen molar-refractivity contribution in [1.82, 2.24) is 9.97 Å². The minimum Gasteiger partial charge on any atom is -0.497 e. The van der Waals surface area contributed by atoms with E-state index in [4.69, 9.17) is 24.2 Å². The monoisotopic (exact) mass is 385 g/mol. The summed E-state index contributed by atoms with van der Waals surface area (Å²) in [4.78, 5) is 9.98. The number of hydrogen-bond acceptors (Lipinski definition) is 6. The molecule has 0 bridgehead atoms. The van der Waals surface area contributed by atoms with Crippen molar-refractivity contribution in [2.45, 2.75) is 52.7 Å². The van der Waals surface area contributed by atoms with Gasteiger partial charge in [-0.3, -0.25) is 0 Å². The number of nitrogens with one attached hydrogen (secondary N) is 1. The number of nitrogens with zero attached hydrogens (tertiary/aromatic N) is 2. The average molecular weight is 386 g/mol. The lowest BCUT2D eigenvalue weighted by Gasteiger charge is -2.22. The lowest BCUT2D eigenvalue weighted by molar-refractivity contribution is 0.0478. The van der Waals surface area contributed by atoms with Crippen LogP contribution >= 0.6 is 0 Å². The molecule has 2 heterocycles. The van der Waals surface area contributed by atoms with Crippen LogP contribution in [-0.2, 0) is 22.3 Å².